The molecule has 1 heterocycles. The van der Waals surface area contributed by atoms with Crippen molar-refractivity contribution in [2.75, 3.05) is 19.3 Å². The topological polar surface area (TPSA) is 69.6 Å². The van der Waals surface area contributed by atoms with Gasteiger partial charge in [0.25, 0.3) is 0 Å². The minimum Gasteiger partial charge on any atom is -0.392 e. The lowest BCUT2D eigenvalue weighted by Gasteiger charge is -2.33. The Hall–Kier alpha value is -0.950. The molecule has 0 unspecified atom stereocenters. The Balaban J connectivity index is 2.05. The molecule has 0 radical (unpaired) electrons. The summed E-state index contributed by atoms with van der Waals surface area (Å²) in [5.74, 6) is 0. The number of nitrogens with zero attached hydrogens (tertiary/aromatic N) is 1. The Labute approximate surface area is 139 Å². The smallest absolute Gasteiger partial charge is 0.208 e. The second-order valence-electron chi connectivity index (χ2n) is 6.69. The van der Waals surface area contributed by atoms with Crippen molar-refractivity contribution in [1.82, 2.24) is 9.62 Å². The van der Waals surface area contributed by atoms with Gasteiger partial charge >= 0.3 is 0 Å². The minimum atomic E-state index is -3.12. The zero-order valence-corrected chi connectivity index (χ0v) is 15.3. The summed E-state index contributed by atoms with van der Waals surface area (Å²) in [4.78, 5) is 2.37. The van der Waals surface area contributed by atoms with Gasteiger partial charge in [0.1, 0.15) is 0 Å². The van der Waals surface area contributed by atoms with Gasteiger partial charge in [-0.1, -0.05) is 6.07 Å². The van der Waals surface area contributed by atoms with Gasteiger partial charge in [0.2, 0.25) is 10.0 Å². The molecule has 130 valence electrons. The fourth-order valence-corrected chi connectivity index (χ4v) is 4.34. The van der Waals surface area contributed by atoms with Crippen LogP contribution in [0.25, 0.3) is 0 Å². The summed E-state index contributed by atoms with van der Waals surface area (Å²) in [6.45, 7) is 8.94. The molecule has 0 aliphatic carbocycles. The average Bonchev–Trinajstić information content (AvgIpc) is 2.44. The van der Waals surface area contributed by atoms with Crippen molar-refractivity contribution in [3.63, 3.8) is 0 Å². The number of sulfonamides is 1. The first-order valence-corrected chi connectivity index (χ1v) is 9.99. The van der Waals surface area contributed by atoms with Gasteiger partial charge in [-0.05, 0) is 61.4 Å². The van der Waals surface area contributed by atoms with Crippen molar-refractivity contribution < 1.29 is 13.5 Å². The van der Waals surface area contributed by atoms with Gasteiger partial charge < -0.3 is 5.11 Å². The van der Waals surface area contributed by atoms with E-state index in [1.54, 1.807) is 0 Å². The normalized spacial score (nSPS) is 17.6. The fraction of sp³-hybridized carbons (Fsp3) is 0.647. The van der Waals surface area contributed by atoms with Crippen LogP contribution in [0.2, 0.25) is 0 Å². The molecule has 6 heteroatoms. The van der Waals surface area contributed by atoms with E-state index >= 15 is 0 Å². The average molecular weight is 340 g/mol. The number of aryl methyl sites for hydroxylation is 2. The predicted octanol–water partition coefficient (Wildman–Crippen LogP) is 1.62. The van der Waals surface area contributed by atoms with Crippen LogP contribution < -0.4 is 4.72 Å². The van der Waals surface area contributed by atoms with E-state index in [1.807, 2.05) is 6.92 Å². The summed E-state index contributed by atoms with van der Waals surface area (Å²) < 4.78 is 25.3. The zero-order valence-electron chi connectivity index (χ0n) is 14.5. The maximum absolute atomic E-state index is 11.3. The van der Waals surface area contributed by atoms with Crippen LogP contribution in [0.1, 0.15) is 40.7 Å². The molecule has 0 atom stereocenters. The monoisotopic (exact) mass is 340 g/mol. The number of hydrogen-bond donors (Lipinski definition) is 2. The molecule has 1 aliphatic rings. The van der Waals surface area contributed by atoms with Crippen molar-refractivity contribution in [2.45, 2.75) is 52.8 Å². The van der Waals surface area contributed by atoms with E-state index in [1.165, 1.54) is 22.9 Å². The molecule has 1 saturated heterocycles. The van der Waals surface area contributed by atoms with E-state index in [4.69, 9.17) is 0 Å². The van der Waals surface area contributed by atoms with E-state index in [0.29, 0.717) is 0 Å². The molecule has 0 amide bonds. The Morgan fingerprint density at radius 2 is 1.74 bits per heavy atom. The van der Waals surface area contributed by atoms with Crippen LogP contribution in [-0.2, 0) is 23.2 Å². The van der Waals surface area contributed by atoms with Crippen LogP contribution in [0.3, 0.4) is 0 Å². The molecule has 0 aromatic heterocycles. The number of nitrogens with one attached hydrogen (secondary N) is 1. The summed E-state index contributed by atoms with van der Waals surface area (Å²) in [7, 11) is -3.12. The third-order valence-electron chi connectivity index (χ3n) is 4.80. The van der Waals surface area contributed by atoms with Gasteiger partial charge in [-0.15, -0.1) is 0 Å². The van der Waals surface area contributed by atoms with Crippen molar-refractivity contribution >= 4 is 10.0 Å². The first kappa shape index (κ1) is 18.4. The quantitative estimate of drug-likeness (QED) is 0.854. The predicted molar refractivity (Wildman–Crippen MR) is 92.9 cm³/mol. The summed E-state index contributed by atoms with van der Waals surface area (Å²) in [5, 5.41) is 9.58. The molecule has 0 spiro atoms. The van der Waals surface area contributed by atoms with Crippen LogP contribution in [0.15, 0.2) is 6.07 Å². The molecular formula is C17H28N2O3S. The largest absolute Gasteiger partial charge is 0.392 e. The highest BCUT2D eigenvalue weighted by Gasteiger charge is 2.22. The standard InChI is InChI=1S/C17H28N2O3S/c1-12-9-13(2)17(11-20)14(3)16(12)10-19-7-5-15(6-8-19)18-23(4,21)22/h9,15,18,20H,5-8,10-11H2,1-4H3. The van der Waals surface area contributed by atoms with E-state index in [0.717, 1.165) is 43.6 Å². The summed E-state index contributed by atoms with van der Waals surface area (Å²) in [6, 6.07) is 2.20. The first-order valence-electron chi connectivity index (χ1n) is 8.10. The van der Waals surface area contributed by atoms with Gasteiger partial charge in [-0.3, -0.25) is 4.90 Å². The second kappa shape index (κ2) is 7.30. The Morgan fingerprint density at radius 3 is 2.26 bits per heavy atom. The molecule has 2 rings (SSSR count). The van der Waals surface area contributed by atoms with Crippen molar-refractivity contribution in [1.29, 1.82) is 0 Å². The lowest BCUT2D eigenvalue weighted by molar-refractivity contribution is 0.199. The van der Waals surface area contributed by atoms with Gasteiger partial charge in [0.05, 0.1) is 12.9 Å². The van der Waals surface area contributed by atoms with Crippen LogP contribution in [-0.4, -0.2) is 43.8 Å². The van der Waals surface area contributed by atoms with Crippen LogP contribution in [0, 0.1) is 20.8 Å². The molecule has 2 N–H and O–H groups in total. The third kappa shape index (κ3) is 4.76. The number of piperidine rings is 1. The Morgan fingerprint density at radius 1 is 1.17 bits per heavy atom. The van der Waals surface area contributed by atoms with Gasteiger partial charge in [0, 0.05) is 25.7 Å². The number of likely N-dealkylation sites (tertiary alicyclic amines) is 1. The molecular weight excluding hydrogens is 312 g/mol. The number of aliphatic hydroxyl groups is 1. The van der Waals surface area contributed by atoms with E-state index in [9.17, 15) is 13.5 Å². The Bertz CT molecular complexity index is 663. The summed E-state index contributed by atoms with van der Waals surface area (Å²) in [6.07, 6.45) is 2.89. The highest BCUT2D eigenvalue weighted by atomic mass is 32.2. The maximum Gasteiger partial charge on any atom is 0.208 e. The summed E-state index contributed by atoms with van der Waals surface area (Å²) >= 11 is 0. The van der Waals surface area contributed by atoms with E-state index < -0.39 is 10.0 Å². The van der Waals surface area contributed by atoms with Crippen LogP contribution >= 0.6 is 0 Å². The molecule has 0 bridgehead atoms. The third-order valence-corrected chi connectivity index (χ3v) is 5.56. The minimum absolute atomic E-state index is 0.0504. The molecule has 23 heavy (non-hydrogen) atoms. The number of benzene rings is 1. The van der Waals surface area contributed by atoms with Crippen LogP contribution in [0.4, 0.5) is 0 Å². The SMILES string of the molecule is Cc1cc(C)c(CN2CCC(NS(C)(=O)=O)CC2)c(C)c1CO. The highest BCUT2D eigenvalue weighted by molar-refractivity contribution is 7.88. The molecule has 0 saturated carbocycles. The highest BCUT2D eigenvalue weighted by Crippen LogP contribution is 2.25. The zero-order chi connectivity index (χ0) is 17.2. The van der Waals surface area contributed by atoms with Crippen LogP contribution in [0.5, 0.6) is 0 Å². The summed E-state index contributed by atoms with van der Waals surface area (Å²) in [5.41, 5.74) is 5.89. The molecule has 1 aromatic carbocycles. The molecule has 1 aliphatic heterocycles. The number of rotatable bonds is 5. The number of hydrogen-bond acceptors (Lipinski definition) is 4. The fourth-order valence-electron chi connectivity index (χ4n) is 3.49. The van der Waals surface area contributed by atoms with Gasteiger partial charge in [-0.2, -0.15) is 0 Å². The van der Waals surface area contributed by atoms with E-state index in [-0.39, 0.29) is 12.6 Å². The lowest BCUT2D eigenvalue weighted by Crippen LogP contribution is -2.44. The van der Waals surface area contributed by atoms with Crippen molar-refractivity contribution in [3.8, 4) is 0 Å². The van der Waals surface area contributed by atoms with Crippen molar-refractivity contribution in [3.05, 3.63) is 33.9 Å². The second-order valence-corrected chi connectivity index (χ2v) is 8.47. The van der Waals surface area contributed by atoms with Crippen molar-refractivity contribution in [2.24, 2.45) is 0 Å². The lowest BCUT2D eigenvalue weighted by atomic mass is 9.93. The van der Waals surface area contributed by atoms with Gasteiger partial charge in [-0.25, -0.2) is 13.1 Å². The molecule has 1 fully saturated rings. The van der Waals surface area contributed by atoms with Gasteiger partial charge in [0.15, 0.2) is 0 Å². The molecule has 1 aromatic rings. The number of aliphatic hydroxyl groups excluding tert-OH is 1. The Kier molecular flexibility index (Phi) is 5.84. The first-order chi connectivity index (χ1) is 10.7. The van der Waals surface area contributed by atoms with E-state index in [2.05, 4.69) is 29.5 Å². The maximum atomic E-state index is 11.3. The molecule has 5 nitrogen and oxygen atoms in total.